The standard InChI is InChI=1S/C19H24N4O4.ClH/c1-19(14-3-5-15(27-2)6-4-14)17(25)23(18(26)21-19)11-16(24)22-9-12-7-20-8-13(12)10-22;/h3-6,12-13,20H,7-11H2,1-2H3,(H,21,26);1H/t12-,13+,19?;. The molecule has 1 aromatic rings. The molecule has 0 bridgehead atoms. The number of likely N-dealkylation sites (tertiary alicyclic amines) is 1. The Morgan fingerprint density at radius 3 is 2.36 bits per heavy atom. The van der Waals surface area contributed by atoms with E-state index in [0.717, 1.165) is 18.0 Å². The molecule has 28 heavy (non-hydrogen) atoms. The number of benzene rings is 1. The van der Waals surface area contributed by atoms with Crippen LogP contribution in [-0.4, -0.2) is 67.5 Å². The van der Waals surface area contributed by atoms with Gasteiger partial charge in [0.2, 0.25) is 5.91 Å². The summed E-state index contributed by atoms with van der Waals surface area (Å²) in [6, 6.07) is 6.44. The molecule has 3 aliphatic rings. The van der Waals surface area contributed by atoms with Crippen molar-refractivity contribution in [1.29, 1.82) is 0 Å². The molecule has 4 amide bonds. The lowest BCUT2D eigenvalue weighted by atomic mass is 9.92. The Bertz CT molecular complexity index is 775. The smallest absolute Gasteiger partial charge is 0.325 e. The molecule has 2 N–H and O–H groups in total. The second kappa shape index (κ2) is 7.60. The van der Waals surface area contributed by atoms with E-state index in [0.29, 0.717) is 36.2 Å². The summed E-state index contributed by atoms with van der Waals surface area (Å²) in [4.78, 5) is 40.9. The van der Waals surface area contributed by atoms with Crippen molar-refractivity contribution in [2.45, 2.75) is 12.5 Å². The van der Waals surface area contributed by atoms with Crippen molar-refractivity contribution in [2.24, 2.45) is 11.8 Å². The van der Waals surface area contributed by atoms with Crippen LogP contribution in [0, 0.1) is 11.8 Å². The third-order valence-electron chi connectivity index (χ3n) is 5.98. The van der Waals surface area contributed by atoms with Gasteiger partial charge in [-0.25, -0.2) is 4.79 Å². The van der Waals surface area contributed by atoms with Crippen LogP contribution in [-0.2, 0) is 15.1 Å². The van der Waals surface area contributed by atoms with Crippen LogP contribution in [0.25, 0.3) is 0 Å². The highest BCUT2D eigenvalue weighted by Crippen LogP contribution is 2.31. The highest BCUT2D eigenvalue weighted by Gasteiger charge is 2.50. The number of rotatable bonds is 4. The Balaban J connectivity index is 0.00000225. The van der Waals surface area contributed by atoms with Crippen molar-refractivity contribution in [3.05, 3.63) is 29.8 Å². The molecular weight excluding hydrogens is 384 g/mol. The van der Waals surface area contributed by atoms with Gasteiger partial charge in [0.25, 0.3) is 5.91 Å². The fourth-order valence-electron chi connectivity index (χ4n) is 4.25. The summed E-state index contributed by atoms with van der Waals surface area (Å²) >= 11 is 0. The predicted molar refractivity (Wildman–Crippen MR) is 104 cm³/mol. The van der Waals surface area contributed by atoms with Crippen LogP contribution in [0.3, 0.4) is 0 Å². The van der Waals surface area contributed by atoms with Crippen LogP contribution in [0.5, 0.6) is 5.75 Å². The van der Waals surface area contributed by atoms with Crippen LogP contribution in [0.2, 0.25) is 0 Å². The number of fused-ring (bicyclic) bond motifs is 1. The van der Waals surface area contributed by atoms with Gasteiger partial charge in [0.1, 0.15) is 17.8 Å². The Hall–Kier alpha value is -2.32. The average Bonchev–Trinajstić information content (AvgIpc) is 3.32. The topological polar surface area (TPSA) is 91.0 Å². The van der Waals surface area contributed by atoms with Crippen molar-refractivity contribution in [3.8, 4) is 5.75 Å². The Morgan fingerprint density at radius 1 is 1.18 bits per heavy atom. The number of imide groups is 1. The van der Waals surface area contributed by atoms with E-state index in [1.165, 1.54) is 0 Å². The Labute approximate surface area is 170 Å². The molecular formula is C19H25ClN4O4. The SMILES string of the molecule is COc1ccc(C2(C)NC(=O)N(CC(=O)N3C[C@H]4CNC[C@H]4C3)C2=O)cc1.Cl. The molecule has 0 saturated carbocycles. The Kier molecular flexibility index (Phi) is 5.54. The summed E-state index contributed by atoms with van der Waals surface area (Å²) < 4.78 is 5.14. The zero-order chi connectivity index (χ0) is 19.2. The first-order chi connectivity index (χ1) is 12.9. The van der Waals surface area contributed by atoms with E-state index < -0.39 is 17.5 Å². The number of ether oxygens (including phenoxy) is 1. The van der Waals surface area contributed by atoms with Gasteiger partial charge in [-0.2, -0.15) is 0 Å². The normalized spacial score (nSPS) is 28.8. The van der Waals surface area contributed by atoms with Crippen molar-refractivity contribution < 1.29 is 19.1 Å². The lowest BCUT2D eigenvalue weighted by molar-refractivity contribution is -0.138. The fourth-order valence-corrected chi connectivity index (χ4v) is 4.25. The first kappa shape index (κ1) is 20.4. The third kappa shape index (κ3) is 3.31. The van der Waals surface area contributed by atoms with Crippen molar-refractivity contribution >= 4 is 30.3 Å². The summed E-state index contributed by atoms with van der Waals surface area (Å²) in [5.74, 6) is 1.03. The molecule has 0 spiro atoms. The minimum absolute atomic E-state index is 0. The van der Waals surface area contributed by atoms with Crippen LogP contribution >= 0.6 is 12.4 Å². The molecule has 0 aromatic heterocycles. The van der Waals surface area contributed by atoms with Gasteiger partial charge in [0, 0.05) is 26.2 Å². The minimum Gasteiger partial charge on any atom is -0.497 e. The van der Waals surface area contributed by atoms with Gasteiger partial charge in [-0.3, -0.25) is 14.5 Å². The maximum absolute atomic E-state index is 13.0. The minimum atomic E-state index is -1.19. The van der Waals surface area contributed by atoms with E-state index in [1.807, 2.05) is 0 Å². The molecule has 0 aliphatic carbocycles. The maximum Gasteiger partial charge on any atom is 0.325 e. The lowest BCUT2D eigenvalue weighted by Crippen LogP contribution is -2.44. The summed E-state index contributed by atoms with van der Waals surface area (Å²) in [7, 11) is 1.56. The van der Waals surface area contributed by atoms with Gasteiger partial charge < -0.3 is 20.3 Å². The number of nitrogens with one attached hydrogen (secondary N) is 2. The quantitative estimate of drug-likeness (QED) is 0.710. The fraction of sp³-hybridized carbons (Fsp3) is 0.526. The molecule has 3 saturated heterocycles. The number of halogens is 1. The van der Waals surface area contributed by atoms with E-state index >= 15 is 0 Å². The molecule has 3 atom stereocenters. The number of amides is 4. The number of carbonyl (C=O) groups excluding carboxylic acids is 3. The number of carbonyl (C=O) groups is 3. The van der Waals surface area contributed by atoms with Gasteiger partial charge >= 0.3 is 6.03 Å². The van der Waals surface area contributed by atoms with E-state index in [4.69, 9.17) is 4.74 Å². The van der Waals surface area contributed by atoms with E-state index in [-0.39, 0.29) is 24.9 Å². The molecule has 3 aliphatic heterocycles. The summed E-state index contributed by atoms with van der Waals surface area (Å²) in [6.45, 7) is 4.67. The number of hydrogen-bond donors (Lipinski definition) is 2. The number of nitrogens with zero attached hydrogens (tertiary/aromatic N) is 2. The lowest BCUT2D eigenvalue weighted by Gasteiger charge is -2.23. The van der Waals surface area contributed by atoms with Crippen LogP contribution in [0.15, 0.2) is 24.3 Å². The van der Waals surface area contributed by atoms with Gasteiger partial charge in [0.15, 0.2) is 0 Å². The van der Waals surface area contributed by atoms with Crippen molar-refractivity contribution in [1.82, 2.24) is 20.4 Å². The summed E-state index contributed by atoms with van der Waals surface area (Å²) in [6.07, 6.45) is 0. The first-order valence-electron chi connectivity index (χ1n) is 9.19. The molecule has 3 heterocycles. The van der Waals surface area contributed by atoms with Gasteiger partial charge in [-0.15, -0.1) is 12.4 Å². The molecule has 4 rings (SSSR count). The second-order valence-electron chi connectivity index (χ2n) is 7.65. The Morgan fingerprint density at radius 2 is 1.79 bits per heavy atom. The maximum atomic E-state index is 13.0. The van der Waals surface area contributed by atoms with E-state index in [9.17, 15) is 14.4 Å². The van der Waals surface area contributed by atoms with Crippen LogP contribution in [0.1, 0.15) is 12.5 Å². The largest absolute Gasteiger partial charge is 0.497 e. The molecule has 1 unspecified atom stereocenters. The molecule has 1 aromatic carbocycles. The number of methoxy groups -OCH3 is 1. The zero-order valence-corrected chi connectivity index (χ0v) is 16.8. The van der Waals surface area contributed by atoms with Gasteiger partial charge in [-0.05, 0) is 36.5 Å². The van der Waals surface area contributed by atoms with Gasteiger partial charge in [-0.1, -0.05) is 12.1 Å². The molecule has 9 heteroatoms. The van der Waals surface area contributed by atoms with E-state index in [2.05, 4.69) is 10.6 Å². The predicted octanol–water partition coefficient (Wildman–Crippen LogP) is 0.562. The number of hydrogen-bond acceptors (Lipinski definition) is 5. The summed E-state index contributed by atoms with van der Waals surface area (Å²) in [5.41, 5.74) is -0.534. The molecule has 3 fully saturated rings. The van der Waals surface area contributed by atoms with Crippen LogP contribution < -0.4 is 15.4 Å². The van der Waals surface area contributed by atoms with Gasteiger partial charge in [0.05, 0.1) is 7.11 Å². The van der Waals surface area contributed by atoms with Crippen LogP contribution in [0.4, 0.5) is 4.79 Å². The first-order valence-corrected chi connectivity index (χ1v) is 9.19. The molecule has 8 nitrogen and oxygen atoms in total. The van der Waals surface area contributed by atoms with E-state index in [1.54, 1.807) is 43.2 Å². The summed E-state index contributed by atoms with van der Waals surface area (Å²) in [5, 5.41) is 6.07. The second-order valence-corrected chi connectivity index (χ2v) is 7.65. The van der Waals surface area contributed by atoms with Crippen molar-refractivity contribution in [3.63, 3.8) is 0 Å². The highest BCUT2D eigenvalue weighted by atomic mass is 35.5. The third-order valence-corrected chi connectivity index (χ3v) is 5.98. The average molecular weight is 409 g/mol. The monoisotopic (exact) mass is 408 g/mol. The highest BCUT2D eigenvalue weighted by molar-refractivity contribution is 6.09. The molecule has 0 radical (unpaired) electrons. The number of urea groups is 1. The zero-order valence-electron chi connectivity index (χ0n) is 15.9. The van der Waals surface area contributed by atoms with Crippen molar-refractivity contribution in [2.75, 3.05) is 39.8 Å². The molecule has 152 valence electrons.